The number of carbonyl (C=O) groups is 1. The molecule has 7 heteroatoms. The number of carboxylic acids is 1. The lowest BCUT2D eigenvalue weighted by atomic mass is 10.1. The van der Waals surface area contributed by atoms with Gasteiger partial charge in [-0.05, 0) is 49.1 Å². The molecule has 2 aromatic heterocycles. The molecular formula is C28H33N5O2. The van der Waals surface area contributed by atoms with Crippen LogP contribution in [0.5, 0.6) is 0 Å². The van der Waals surface area contributed by atoms with Crippen molar-refractivity contribution >= 4 is 22.8 Å². The van der Waals surface area contributed by atoms with E-state index >= 15 is 0 Å². The van der Waals surface area contributed by atoms with Gasteiger partial charge in [-0.25, -0.2) is 9.97 Å². The zero-order chi connectivity index (χ0) is 24.5. The molecule has 4 rings (SSSR count). The third kappa shape index (κ3) is 6.90. The molecule has 0 spiro atoms. The van der Waals surface area contributed by atoms with Crippen molar-refractivity contribution in [2.75, 3.05) is 11.9 Å². The van der Waals surface area contributed by atoms with Crippen LogP contribution < -0.4 is 10.6 Å². The minimum absolute atomic E-state index is 0.129. The van der Waals surface area contributed by atoms with Gasteiger partial charge in [-0.1, -0.05) is 67.4 Å². The lowest BCUT2D eigenvalue weighted by molar-refractivity contribution is -0.137. The molecule has 0 saturated heterocycles. The van der Waals surface area contributed by atoms with E-state index in [-0.39, 0.29) is 12.5 Å². The number of benzene rings is 2. The number of rotatable bonds is 13. The first-order valence-electron chi connectivity index (χ1n) is 12.3. The van der Waals surface area contributed by atoms with Crippen LogP contribution in [0.25, 0.3) is 22.3 Å². The number of nitrogens with zero attached hydrogens (tertiary/aromatic N) is 2. The summed E-state index contributed by atoms with van der Waals surface area (Å²) in [4.78, 5) is 22.9. The van der Waals surface area contributed by atoms with E-state index in [1.54, 1.807) is 6.33 Å². The summed E-state index contributed by atoms with van der Waals surface area (Å²) in [6.07, 6.45) is 5.72. The average Bonchev–Trinajstić information content (AvgIpc) is 3.32. The van der Waals surface area contributed by atoms with Crippen LogP contribution in [0.1, 0.15) is 56.2 Å². The normalized spacial score (nSPS) is 12.0. The summed E-state index contributed by atoms with van der Waals surface area (Å²) in [5.41, 5.74) is 5.36. The van der Waals surface area contributed by atoms with Crippen molar-refractivity contribution in [1.29, 1.82) is 0 Å². The van der Waals surface area contributed by atoms with Crippen molar-refractivity contribution in [3.05, 3.63) is 78.1 Å². The maximum atomic E-state index is 10.5. The third-order valence-electron chi connectivity index (χ3n) is 6.17. The summed E-state index contributed by atoms with van der Waals surface area (Å²) >= 11 is 0. The van der Waals surface area contributed by atoms with E-state index in [0.29, 0.717) is 0 Å². The van der Waals surface area contributed by atoms with Gasteiger partial charge in [0.15, 0.2) is 0 Å². The summed E-state index contributed by atoms with van der Waals surface area (Å²) in [7, 11) is 0. The second kappa shape index (κ2) is 12.1. The smallest absolute Gasteiger partial charge is 0.303 e. The minimum atomic E-state index is -0.707. The molecule has 0 aliphatic rings. The molecule has 7 nitrogen and oxygen atoms in total. The first-order valence-corrected chi connectivity index (χ1v) is 12.3. The Morgan fingerprint density at radius 1 is 1.00 bits per heavy atom. The van der Waals surface area contributed by atoms with E-state index in [4.69, 9.17) is 5.11 Å². The number of unbranched alkanes of at least 4 members (excludes halogenated alkanes) is 3. The maximum absolute atomic E-state index is 10.5. The molecular weight excluding hydrogens is 438 g/mol. The van der Waals surface area contributed by atoms with Crippen molar-refractivity contribution in [2.45, 2.75) is 51.6 Å². The zero-order valence-electron chi connectivity index (χ0n) is 20.1. The molecule has 0 aliphatic heterocycles. The predicted octanol–water partition coefficient (Wildman–Crippen LogP) is 5.92. The van der Waals surface area contributed by atoms with Gasteiger partial charge in [-0.15, -0.1) is 0 Å². The molecule has 0 radical (unpaired) electrons. The molecule has 182 valence electrons. The standard InChI is InChI=1S/C28H33N5O2/c1-20(22-9-5-4-6-10-22)32-27-24-17-25(33-28(24)31-19-30-27)23-14-12-21(13-15-23)18-29-16-8-3-2-7-11-26(34)35/h4-6,9-10,12-15,17,19-20,29H,2-3,7-8,11,16,18H2,1H3,(H,34,35)(H2,30,31,32,33). The Balaban J connectivity index is 1.32. The van der Waals surface area contributed by atoms with Gasteiger partial charge in [0.05, 0.1) is 5.39 Å². The molecule has 4 aromatic rings. The van der Waals surface area contributed by atoms with Crippen LogP contribution in [0.4, 0.5) is 5.82 Å². The number of anilines is 1. The summed E-state index contributed by atoms with van der Waals surface area (Å²) < 4.78 is 0. The molecule has 0 aliphatic carbocycles. The third-order valence-corrected chi connectivity index (χ3v) is 6.17. The first kappa shape index (κ1) is 24.4. The van der Waals surface area contributed by atoms with E-state index in [2.05, 4.69) is 75.0 Å². The van der Waals surface area contributed by atoms with Crippen LogP contribution in [-0.4, -0.2) is 32.6 Å². The Labute approximate surface area is 206 Å². The van der Waals surface area contributed by atoms with Crippen LogP contribution in [0.2, 0.25) is 0 Å². The molecule has 0 bridgehead atoms. The van der Waals surface area contributed by atoms with Gasteiger partial charge in [0.2, 0.25) is 0 Å². The average molecular weight is 472 g/mol. The molecule has 1 atom stereocenters. The number of aromatic amines is 1. The molecule has 0 fully saturated rings. The largest absolute Gasteiger partial charge is 0.481 e. The number of aromatic nitrogens is 3. The van der Waals surface area contributed by atoms with Gasteiger partial charge in [0.25, 0.3) is 0 Å². The number of H-pyrrole nitrogens is 1. The van der Waals surface area contributed by atoms with E-state index in [0.717, 1.165) is 66.9 Å². The van der Waals surface area contributed by atoms with Crippen LogP contribution in [-0.2, 0) is 11.3 Å². The van der Waals surface area contributed by atoms with Crippen LogP contribution in [0, 0.1) is 0 Å². The van der Waals surface area contributed by atoms with Crippen molar-refractivity contribution in [3.8, 4) is 11.3 Å². The van der Waals surface area contributed by atoms with Crippen molar-refractivity contribution in [1.82, 2.24) is 20.3 Å². The van der Waals surface area contributed by atoms with Crippen LogP contribution in [0.15, 0.2) is 67.0 Å². The van der Waals surface area contributed by atoms with Crippen molar-refractivity contribution in [3.63, 3.8) is 0 Å². The molecule has 0 saturated carbocycles. The summed E-state index contributed by atoms with van der Waals surface area (Å²) in [5, 5.41) is 16.6. The first-order chi connectivity index (χ1) is 17.1. The highest BCUT2D eigenvalue weighted by atomic mass is 16.4. The Morgan fingerprint density at radius 3 is 2.54 bits per heavy atom. The molecule has 2 aromatic carbocycles. The van der Waals surface area contributed by atoms with Crippen molar-refractivity contribution < 1.29 is 9.90 Å². The number of hydrogen-bond acceptors (Lipinski definition) is 5. The molecule has 4 N–H and O–H groups in total. The van der Waals surface area contributed by atoms with Gasteiger partial charge >= 0.3 is 5.97 Å². The highest BCUT2D eigenvalue weighted by Crippen LogP contribution is 2.29. The molecule has 35 heavy (non-hydrogen) atoms. The lowest BCUT2D eigenvalue weighted by Crippen LogP contribution is -2.14. The molecule has 2 heterocycles. The Hall–Kier alpha value is -3.71. The Bertz CT molecular complexity index is 1220. The van der Waals surface area contributed by atoms with Crippen LogP contribution >= 0.6 is 0 Å². The predicted molar refractivity (Wildman–Crippen MR) is 140 cm³/mol. The van der Waals surface area contributed by atoms with Crippen molar-refractivity contribution in [2.24, 2.45) is 0 Å². The summed E-state index contributed by atoms with van der Waals surface area (Å²) in [6.45, 7) is 3.88. The quantitative estimate of drug-likeness (QED) is 0.180. The van der Waals surface area contributed by atoms with E-state index in [1.165, 1.54) is 11.1 Å². The SMILES string of the molecule is CC(Nc1ncnc2[nH]c(-c3ccc(CNCCCCCCC(=O)O)cc3)cc12)c1ccccc1. The number of hydrogen-bond donors (Lipinski definition) is 4. The topological polar surface area (TPSA) is 103 Å². The number of aliphatic carboxylic acids is 1. The number of fused-ring (bicyclic) bond motifs is 1. The van der Waals surface area contributed by atoms with E-state index in [9.17, 15) is 4.79 Å². The fraction of sp³-hybridized carbons (Fsp3) is 0.321. The highest BCUT2D eigenvalue weighted by Gasteiger charge is 2.12. The minimum Gasteiger partial charge on any atom is -0.481 e. The lowest BCUT2D eigenvalue weighted by Gasteiger charge is -2.15. The zero-order valence-corrected chi connectivity index (χ0v) is 20.1. The monoisotopic (exact) mass is 471 g/mol. The highest BCUT2D eigenvalue weighted by molar-refractivity contribution is 5.91. The molecule has 1 unspecified atom stereocenters. The molecule has 0 amide bonds. The van der Waals surface area contributed by atoms with Crippen LogP contribution in [0.3, 0.4) is 0 Å². The number of nitrogens with one attached hydrogen (secondary N) is 3. The van der Waals surface area contributed by atoms with E-state index in [1.807, 2.05) is 18.2 Å². The summed E-state index contributed by atoms with van der Waals surface area (Å²) in [6, 6.07) is 21.1. The van der Waals surface area contributed by atoms with E-state index < -0.39 is 5.97 Å². The van der Waals surface area contributed by atoms with Gasteiger partial charge in [0.1, 0.15) is 17.8 Å². The van der Waals surface area contributed by atoms with Gasteiger partial charge in [0, 0.05) is 24.7 Å². The second-order valence-electron chi connectivity index (χ2n) is 8.88. The fourth-order valence-corrected chi connectivity index (χ4v) is 4.16. The number of carboxylic acid groups (broad SMARTS) is 1. The Morgan fingerprint density at radius 2 is 1.77 bits per heavy atom. The maximum Gasteiger partial charge on any atom is 0.303 e. The summed E-state index contributed by atoms with van der Waals surface area (Å²) in [5.74, 6) is 0.111. The van der Waals surface area contributed by atoms with Gasteiger partial charge in [-0.2, -0.15) is 0 Å². The Kier molecular flexibility index (Phi) is 8.46. The second-order valence-corrected chi connectivity index (χ2v) is 8.88. The fourth-order valence-electron chi connectivity index (χ4n) is 4.16. The van der Waals surface area contributed by atoms with Gasteiger partial charge < -0.3 is 20.7 Å². The van der Waals surface area contributed by atoms with Gasteiger partial charge in [-0.3, -0.25) is 4.79 Å².